The van der Waals surface area contributed by atoms with Crippen LogP contribution in [0, 0.1) is 11.8 Å². The first-order valence-corrected chi connectivity index (χ1v) is 9.24. The van der Waals surface area contributed by atoms with Crippen molar-refractivity contribution in [3.8, 4) is 0 Å². The number of rotatable bonds is 7. The lowest BCUT2D eigenvalue weighted by molar-refractivity contribution is 0.194. The summed E-state index contributed by atoms with van der Waals surface area (Å²) in [5.74, 6) is 1.72. The molecule has 2 rings (SSSR count). The van der Waals surface area contributed by atoms with Crippen LogP contribution in [0.15, 0.2) is 0 Å². The predicted molar refractivity (Wildman–Crippen MR) is 91.7 cm³/mol. The van der Waals surface area contributed by atoms with Crippen LogP contribution in [0.4, 0.5) is 0 Å². The summed E-state index contributed by atoms with van der Waals surface area (Å²) in [5, 5.41) is 3.87. The molecule has 0 aromatic heterocycles. The first-order chi connectivity index (χ1) is 10.1. The van der Waals surface area contributed by atoms with Gasteiger partial charge < -0.3 is 10.2 Å². The second-order valence-corrected chi connectivity index (χ2v) is 7.69. The molecule has 0 aromatic rings. The monoisotopic (exact) mass is 295 g/mol. The van der Waals surface area contributed by atoms with Crippen LogP contribution in [0.5, 0.6) is 0 Å². The molecule has 0 radical (unpaired) electrons. The Morgan fingerprint density at radius 2 is 1.86 bits per heavy atom. The zero-order chi connectivity index (χ0) is 15.2. The molecule has 0 spiro atoms. The summed E-state index contributed by atoms with van der Waals surface area (Å²) in [4.78, 5) is 5.14. The Bertz CT molecular complexity index is 286. The number of likely N-dealkylation sites (tertiary alicyclic amines) is 1. The quantitative estimate of drug-likeness (QED) is 0.779. The van der Waals surface area contributed by atoms with Gasteiger partial charge in [0.2, 0.25) is 0 Å². The average molecular weight is 296 g/mol. The van der Waals surface area contributed by atoms with Crippen molar-refractivity contribution in [2.45, 2.75) is 64.5 Å². The molecule has 2 aliphatic rings. The smallest absolute Gasteiger partial charge is 0.0254 e. The van der Waals surface area contributed by atoms with Gasteiger partial charge >= 0.3 is 0 Å². The molecule has 1 aliphatic carbocycles. The molecular formula is C18H37N3. The molecule has 0 amide bonds. The molecule has 21 heavy (non-hydrogen) atoms. The van der Waals surface area contributed by atoms with Crippen LogP contribution < -0.4 is 5.32 Å². The van der Waals surface area contributed by atoms with E-state index >= 15 is 0 Å². The fourth-order valence-electron chi connectivity index (χ4n) is 4.39. The fourth-order valence-corrected chi connectivity index (χ4v) is 4.39. The van der Waals surface area contributed by atoms with Crippen molar-refractivity contribution >= 4 is 0 Å². The Balaban J connectivity index is 1.88. The first kappa shape index (κ1) is 17.2. The summed E-state index contributed by atoms with van der Waals surface area (Å²) in [6.07, 6.45) is 8.50. The first-order valence-electron chi connectivity index (χ1n) is 9.24. The van der Waals surface area contributed by atoms with Crippen LogP contribution in [0.2, 0.25) is 0 Å². The van der Waals surface area contributed by atoms with Crippen molar-refractivity contribution in [3.63, 3.8) is 0 Å². The van der Waals surface area contributed by atoms with Gasteiger partial charge in [-0.3, -0.25) is 4.90 Å². The highest BCUT2D eigenvalue weighted by Crippen LogP contribution is 2.28. The van der Waals surface area contributed by atoms with E-state index in [1.165, 1.54) is 64.7 Å². The fraction of sp³-hybridized carbons (Fsp3) is 1.00. The highest BCUT2D eigenvalue weighted by atomic mass is 15.2. The maximum atomic E-state index is 3.87. The van der Waals surface area contributed by atoms with Crippen molar-refractivity contribution in [2.24, 2.45) is 11.8 Å². The van der Waals surface area contributed by atoms with E-state index in [9.17, 15) is 0 Å². The van der Waals surface area contributed by atoms with Crippen LogP contribution in [0.1, 0.15) is 52.4 Å². The minimum absolute atomic E-state index is 0.721. The summed E-state index contributed by atoms with van der Waals surface area (Å²) < 4.78 is 0. The molecule has 0 bridgehead atoms. The molecule has 1 saturated carbocycles. The molecule has 3 heteroatoms. The Morgan fingerprint density at radius 3 is 2.43 bits per heavy atom. The molecule has 1 saturated heterocycles. The zero-order valence-electron chi connectivity index (χ0n) is 14.8. The van der Waals surface area contributed by atoms with Crippen molar-refractivity contribution in [2.75, 3.05) is 40.3 Å². The molecule has 1 aliphatic heterocycles. The molecule has 2 fully saturated rings. The maximum Gasteiger partial charge on any atom is 0.0254 e. The maximum absolute atomic E-state index is 3.87. The van der Waals surface area contributed by atoms with Gasteiger partial charge in [-0.2, -0.15) is 0 Å². The molecule has 124 valence electrons. The molecule has 1 N–H and O–H groups in total. The molecule has 3 unspecified atom stereocenters. The van der Waals surface area contributed by atoms with Crippen LogP contribution >= 0.6 is 0 Å². The second-order valence-electron chi connectivity index (χ2n) is 7.69. The van der Waals surface area contributed by atoms with Crippen LogP contribution in [0.3, 0.4) is 0 Å². The van der Waals surface area contributed by atoms with Crippen molar-refractivity contribution in [1.29, 1.82) is 0 Å². The summed E-state index contributed by atoms with van der Waals surface area (Å²) in [6.45, 7) is 9.68. The van der Waals surface area contributed by atoms with E-state index in [1.807, 2.05) is 0 Å². The lowest BCUT2D eigenvalue weighted by Gasteiger charge is -2.34. The van der Waals surface area contributed by atoms with Crippen LogP contribution in [-0.4, -0.2) is 62.2 Å². The third kappa shape index (κ3) is 4.94. The number of likely N-dealkylation sites (N-methyl/N-ethyl adjacent to an activating group) is 1. The van der Waals surface area contributed by atoms with E-state index in [0.717, 1.165) is 23.9 Å². The van der Waals surface area contributed by atoms with Gasteiger partial charge in [0.1, 0.15) is 0 Å². The largest absolute Gasteiger partial charge is 0.312 e. The van der Waals surface area contributed by atoms with Crippen molar-refractivity contribution in [1.82, 2.24) is 15.1 Å². The molecule has 1 heterocycles. The van der Waals surface area contributed by atoms with E-state index in [-0.39, 0.29) is 0 Å². The van der Waals surface area contributed by atoms with E-state index in [4.69, 9.17) is 0 Å². The van der Waals surface area contributed by atoms with Gasteiger partial charge in [-0.25, -0.2) is 0 Å². The number of hydrogen-bond acceptors (Lipinski definition) is 3. The Kier molecular flexibility index (Phi) is 6.97. The Hall–Kier alpha value is -0.120. The highest BCUT2D eigenvalue weighted by Gasteiger charge is 2.33. The third-order valence-electron chi connectivity index (χ3n) is 5.64. The van der Waals surface area contributed by atoms with Gasteiger partial charge in [0.25, 0.3) is 0 Å². The lowest BCUT2D eigenvalue weighted by atomic mass is 9.83. The van der Waals surface area contributed by atoms with Crippen molar-refractivity contribution in [3.05, 3.63) is 0 Å². The number of nitrogens with one attached hydrogen (secondary N) is 1. The molecular weight excluding hydrogens is 258 g/mol. The molecule has 3 nitrogen and oxygen atoms in total. The van der Waals surface area contributed by atoms with E-state index < -0.39 is 0 Å². The van der Waals surface area contributed by atoms with Gasteiger partial charge in [0.05, 0.1) is 0 Å². The van der Waals surface area contributed by atoms with Gasteiger partial charge in [-0.1, -0.05) is 33.1 Å². The molecule has 3 atom stereocenters. The predicted octanol–water partition coefficient (Wildman–Crippen LogP) is 2.82. The van der Waals surface area contributed by atoms with Crippen LogP contribution in [-0.2, 0) is 0 Å². The van der Waals surface area contributed by atoms with Gasteiger partial charge in [-0.05, 0) is 51.7 Å². The van der Waals surface area contributed by atoms with Crippen molar-refractivity contribution < 1.29 is 0 Å². The van der Waals surface area contributed by atoms with Crippen LogP contribution in [0.25, 0.3) is 0 Å². The molecule has 0 aromatic carbocycles. The Morgan fingerprint density at radius 1 is 1.14 bits per heavy atom. The summed E-state index contributed by atoms with van der Waals surface area (Å²) >= 11 is 0. The van der Waals surface area contributed by atoms with Gasteiger partial charge in [-0.15, -0.1) is 0 Å². The Labute approximate surface area is 132 Å². The van der Waals surface area contributed by atoms with E-state index in [0.29, 0.717) is 0 Å². The lowest BCUT2D eigenvalue weighted by Crippen LogP contribution is -2.46. The number of hydrogen-bond donors (Lipinski definition) is 1. The SMILES string of the molecule is CCCNC(CN1CC(C)C(N(C)C)C1)C1CCCCC1. The van der Waals surface area contributed by atoms with E-state index in [2.05, 4.69) is 43.1 Å². The van der Waals surface area contributed by atoms with Gasteiger partial charge in [0, 0.05) is 31.7 Å². The second kappa shape index (κ2) is 8.50. The zero-order valence-corrected chi connectivity index (χ0v) is 14.8. The summed E-state index contributed by atoms with van der Waals surface area (Å²) in [6, 6.07) is 1.46. The standard InChI is InChI=1S/C18H37N3/c1-5-11-19-17(16-9-7-6-8-10-16)13-21-12-15(2)18(14-21)20(3)4/h15-19H,5-14H2,1-4H3. The summed E-state index contributed by atoms with van der Waals surface area (Å²) in [5.41, 5.74) is 0. The topological polar surface area (TPSA) is 18.5 Å². The average Bonchev–Trinajstić information content (AvgIpc) is 2.85. The minimum atomic E-state index is 0.721. The highest BCUT2D eigenvalue weighted by molar-refractivity contribution is 4.90. The summed E-state index contributed by atoms with van der Waals surface area (Å²) in [7, 11) is 4.47. The third-order valence-corrected chi connectivity index (χ3v) is 5.64. The van der Waals surface area contributed by atoms with E-state index in [1.54, 1.807) is 0 Å². The normalized spacial score (nSPS) is 30.1. The van der Waals surface area contributed by atoms with Gasteiger partial charge in [0.15, 0.2) is 0 Å². The number of nitrogens with zero attached hydrogens (tertiary/aromatic N) is 2. The minimum Gasteiger partial charge on any atom is -0.312 e.